The van der Waals surface area contributed by atoms with Gasteiger partial charge in [-0.15, -0.1) is 0 Å². The molecule has 0 saturated carbocycles. The van der Waals surface area contributed by atoms with Crippen LogP contribution in [0.1, 0.15) is 42.4 Å². The highest BCUT2D eigenvalue weighted by molar-refractivity contribution is 5.81. The summed E-state index contributed by atoms with van der Waals surface area (Å²) in [7, 11) is 0. The number of nitrogens with zero attached hydrogens (tertiary/aromatic N) is 4. The number of esters is 1. The van der Waals surface area contributed by atoms with Crippen LogP contribution in [0.25, 0.3) is 0 Å². The Morgan fingerprint density at radius 2 is 1.70 bits per heavy atom. The zero-order valence-electron chi connectivity index (χ0n) is 18.1. The molecule has 2 aromatic rings. The van der Waals surface area contributed by atoms with E-state index in [2.05, 4.69) is 22.0 Å². The Balaban J connectivity index is 1.66. The number of carbonyl (C=O) groups excluding carboxylic acids is 2. The molecule has 1 fully saturated rings. The van der Waals surface area contributed by atoms with Gasteiger partial charge in [-0.05, 0) is 26.3 Å². The van der Waals surface area contributed by atoms with E-state index in [4.69, 9.17) is 9.72 Å². The average Bonchev–Trinajstić information content (AvgIpc) is 2.75. The minimum absolute atomic E-state index is 0.00209. The first kappa shape index (κ1) is 21.7. The summed E-state index contributed by atoms with van der Waals surface area (Å²) >= 11 is 0. The van der Waals surface area contributed by atoms with Gasteiger partial charge < -0.3 is 14.5 Å². The third kappa shape index (κ3) is 5.55. The molecule has 1 aliphatic rings. The Labute approximate surface area is 178 Å². The Hall–Kier alpha value is -2.96. The lowest BCUT2D eigenvalue weighted by atomic mass is 10.0. The molecule has 0 bridgehead atoms. The first-order valence-electron chi connectivity index (χ1n) is 10.5. The van der Waals surface area contributed by atoms with Crippen molar-refractivity contribution in [3.63, 3.8) is 0 Å². The van der Waals surface area contributed by atoms with E-state index in [0.717, 1.165) is 29.3 Å². The number of anilines is 1. The molecule has 1 aliphatic heterocycles. The van der Waals surface area contributed by atoms with E-state index in [-0.39, 0.29) is 24.7 Å². The number of hydrogen-bond acceptors (Lipinski definition) is 6. The van der Waals surface area contributed by atoms with E-state index >= 15 is 0 Å². The number of ether oxygens (including phenoxy) is 1. The summed E-state index contributed by atoms with van der Waals surface area (Å²) in [4.78, 5) is 37.3. The standard InChI is InChI=1S/C23H30N4O3/c1-4-30-22(29)11-10-21(28)26-12-14-27(15-13-26)23-20(17(2)24-18(3)25-23)16-19-8-6-5-7-9-19/h5-9H,4,10-16H2,1-3H3. The van der Waals surface area contributed by atoms with Crippen molar-refractivity contribution in [2.24, 2.45) is 0 Å². The topological polar surface area (TPSA) is 75.6 Å². The molecule has 0 atom stereocenters. The molecule has 7 heteroatoms. The van der Waals surface area contributed by atoms with Crippen LogP contribution in [0, 0.1) is 13.8 Å². The third-order valence-corrected chi connectivity index (χ3v) is 5.31. The van der Waals surface area contributed by atoms with Crippen molar-refractivity contribution in [1.82, 2.24) is 14.9 Å². The largest absolute Gasteiger partial charge is 0.466 e. The normalized spacial score (nSPS) is 14.0. The van der Waals surface area contributed by atoms with E-state index in [1.165, 1.54) is 5.56 Å². The smallest absolute Gasteiger partial charge is 0.306 e. The van der Waals surface area contributed by atoms with Gasteiger partial charge in [-0.25, -0.2) is 9.97 Å². The number of carbonyl (C=O) groups is 2. The summed E-state index contributed by atoms with van der Waals surface area (Å²) in [5, 5.41) is 0. The van der Waals surface area contributed by atoms with Crippen LogP contribution in [0.2, 0.25) is 0 Å². The lowest BCUT2D eigenvalue weighted by molar-refractivity contribution is -0.145. The molecule has 0 unspecified atom stereocenters. The lowest BCUT2D eigenvalue weighted by Gasteiger charge is -2.36. The minimum atomic E-state index is -0.318. The summed E-state index contributed by atoms with van der Waals surface area (Å²) in [5.74, 6) is 1.40. The molecule has 3 rings (SSSR count). The molecule has 30 heavy (non-hydrogen) atoms. The van der Waals surface area contributed by atoms with Gasteiger partial charge in [0.15, 0.2) is 0 Å². The minimum Gasteiger partial charge on any atom is -0.466 e. The summed E-state index contributed by atoms with van der Waals surface area (Å²) in [5.41, 5.74) is 3.35. The highest BCUT2D eigenvalue weighted by atomic mass is 16.5. The Morgan fingerprint density at radius 3 is 2.37 bits per heavy atom. The zero-order valence-corrected chi connectivity index (χ0v) is 18.1. The summed E-state index contributed by atoms with van der Waals surface area (Å²) in [6, 6.07) is 10.3. The Kier molecular flexibility index (Phi) is 7.38. The molecule has 1 aromatic heterocycles. The van der Waals surface area contributed by atoms with Gasteiger partial charge in [0.2, 0.25) is 5.91 Å². The summed E-state index contributed by atoms with van der Waals surface area (Å²) in [6.45, 7) is 8.72. The van der Waals surface area contributed by atoms with Crippen LogP contribution in [-0.4, -0.2) is 59.5 Å². The van der Waals surface area contributed by atoms with Crippen LogP contribution in [-0.2, 0) is 20.7 Å². The van der Waals surface area contributed by atoms with Crippen molar-refractivity contribution in [3.8, 4) is 0 Å². The molecule has 2 heterocycles. The zero-order chi connectivity index (χ0) is 21.5. The molecule has 1 aromatic carbocycles. The molecular formula is C23H30N4O3. The molecule has 160 valence electrons. The maximum absolute atomic E-state index is 12.4. The van der Waals surface area contributed by atoms with Gasteiger partial charge in [-0.1, -0.05) is 30.3 Å². The molecule has 0 N–H and O–H groups in total. The first-order chi connectivity index (χ1) is 14.5. The predicted octanol–water partition coefficient (Wildman–Crippen LogP) is 2.68. The molecule has 7 nitrogen and oxygen atoms in total. The van der Waals surface area contributed by atoms with Crippen molar-refractivity contribution >= 4 is 17.7 Å². The monoisotopic (exact) mass is 410 g/mol. The second-order valence-electron chi connectivity index (χ2n) is 7.49. The van der Waals surface area contributed by atoms with Crippen molar-refractivity contribution in [1.29, 1.82) is 0 Å². The van der Waals surface area contributed by atoms with Gasteiger partial charge in [-0.3, -0.25) is 9.59 Å². The fourth-order valence-corrected chi connectivity index (χ4v) is 3.75. The fourth-order valence-electron chi connectivity index (χ4n) is 3.75. The van der Waals surface area contributed by atoms with E-state index in [9.17, 15) is 9.59 Å². The summed E-state index contributed by atoms with van der Waals surface area (Å²) in [6.07, 6.45) is 1.11. The van der Waals surface area contributed by atoms with E-state index in [1.807, 2.05) is 36.9 Å². The van der Waals surface area contributed by atoms with E-state index in [1.54, 1.807) is 6.92 Å². The SMILES string of the molecule is CCOC(=O)CCC(=O)N1CCN(c2nc(C)nc(C)c2Cc2ccccc2)CC1. The number of aromatic nitrogens is 2. The molecule has 0 aliphatic carbocycles. The van der Waals surface area contributed by atoms with Crippen LogP contribution in [0.5, 0.6) is 0 Å². The van der Waals surface area contributed by atoms with Crippen molar-refractivity contribution in [2.75, 3.05) is 37.7 Å². The number of benzene rings is 1. The van der Waals surface area contributed by atoms with E-state index < -0.39 is 0 Å². The first-order valence-corrected chi connectivity index (χ1v) is 10.5. The molecule has 1 saturated heterocycles. The van der Waals surface area contributed by atoms with Gasteiger partial charge in [0.25, 0.3) is 0 Å². The molecular weight excluding hydrogens is 380 g/mol. The number of rotatable bonds is 7. The number of aryl methyl sites for hydroxylation is 2. The molecule has 0 spiro atoms. The lowest BCUT2D eigenvalue weighted by Crippen LogP contribution is -2.49. The van der Waals surface area contributed by atoms with E-state index in [0.29, 0.717) is 32.8 Å². The quantitative estimate of drug-likeness (QED) is 0.654. The Bertz CT molecular complexity index is 878. The van der Waals surface area contributed by atoms with Gasteiger partial charge in [0.1, 0.15) is 11.6 Å². The maximum atomic E-state index is 12.4. The highest BCUT2D eigenvalue weighted by Crippen LogP contribution is 2.25. The van der Waals surface area contributed by atoms with Gasteiger partial charge in [0, 0.05) is 50.3 Å². The predicted molar refractivity (Wildman–Crippen MR) is 115 cm³/mol. The number of hydrogen-bond donors (Lipinski definition) is 0. The van der Waals surface area contributed by atoms with Crippen LogP contribution in [0.4, 0.5) is 5.82 Å². The van der Waals surface area contributed by atoms with Crippen LogP contribution in [0.3, 0.4) is 0 Å². The summed E-state index contributed by atoms with van der Waals surface area (Å²) < 4.78 is 4.91. The Morgan fingerprint density at radius 1 is 1.00 bits per heavy atom. The van der Waals surface area contributed by atoms with Crippen molar-refractivity contribution in [2.45, 2.75) is 40.0 Å². The number of piperazine rings is 1. The van der Waals surface area contributed by atoms with Gasteiger partial charge >= 0.3 is 5.97 Å². The van der Waals surface area contributed by atoms with Crippen LogP contribution < -0.4 is 4.90 Å². The maximum Gasteiger partial charge on any atom is 0.306 e. The second-order valence-corrected chi connectivity index (χ2v) is 7.49. The van der Waals surface area contributed by atoms with Crippen LogP contribution in [0.15, 0.2) is 30.3 Å². The molecule has 1 amide bonds. The van der Waals surface area contributed by atoms with Crippen molar-refractivity contribution in [3.05, 3.63) is 53.0 Å². The van der Waals surface area contributed by atoms with Gasteiger partial charge in [0.05, 0.1) is 13.0 Å². The van der Waals surface area contributed by atoms with Gasteiger partial charge in [-0.2, -0.15) is 0 Å². The average molecular weight is 411 g/mol. The third-order valence-electron chi connectivity index (χ3n) is 5.31. The second kappa shape index (κ2) is 10.2. The van der Waals surface area contributed by atoms with Crippen molar-refractivity contribution < 1.29 is 14.3 Å². The molecule has 0 radical (unpaired) electrons. The van der Waals surface area contributed by atoms with Crippen LogP contribution >= 0.6 is 0 Å². The fraction of sp³-hybridized carbons (Fsp3) is 0.478. The number of amides is 1. The highest BCUT2D eigenvalue weighted by Gasteiger charge is 2.25.